The van der Waals surface area contributed by atoms with Gasteiger partial charge in [0.15, 0.2) is 0 Å². The molecule has 0 saturated heterocycles. The van der Waals surface area contributed by atoms with E-state index >= 15 is 0 Å². The molecular formula is C14H12FN3O. The average Bonchev–Trinajstić information content (AvgIpc) is 2.82. The predicted octanol–water partition coefficient (Wildman–Crippen LogP) is 2.61. The molecule has 96 valence electrons. The van der Waals surface area contributed by atoms with Crippen LogP contribution < -0.4 is 0 Å². The standard InChI is InChI=1S/C14H12FN3O/c1-9(19)10-6-7-13(11(15)8-10)18-14-5-3-2-4-12(14)16-17-18/h2-9,19H,1H3/t9-/m1/s1. The lowest BCUT2D eigenvalue weighted by atomic mass is 10.1. The number of halogens is 1. The van der Waals surface area contributed by atoms with E-state index in [1.165, 1.54) is 10.7 Å². The number of para-hydroxylation sites is 1. The first-order valence-corrected chi connectivity index (χ1v) is 5.95. The summed E-state index contributed by atoms with van der Waals surface area (Å²) >= 11 is 0. The fourth-order valence-electron chi connectivity index (χ4n) is 2.00. The Labute approximate surface area is 109 Å². The molecule has 1 N–H and O–H groups in total. The zero-order valence-corrected chi connectivity index (χ0v) is 10.3. The van der Waals surface area contributed by atoms with Crippen LogP contribution in [-0.4, -0.2) is 20.1 Å². The molecule has 2 aromatic carbocycles. The highest BCUT2D eigenvalue weighted by Crippen LogP contribution is 2.21. The molecule has 0 fully saturated rings. The van der Waals surface area contributed by atoms with Crippen molar-refractivity contribution >= 4 is 11.0 Å². The lowest BCUT2D eigenvalue weighted by Crippen LogP contribution is -2.02. The summed E-state index contributed by atoms with van der Waals surface area (Å²) in [4.78, 5) is 0. The molecule has 0 amide bonds. The lowest BCUT2D eigenvalue weighted by molar-refractivity contribution is 0.199. The van der Waals surface area contributed by atoms with Crippen molar-refractivity contribution in [3.05, 3.63) is 53.8 Å². The molecule has 0 bridgehead atoms. The molecule has 19 heavy (non-hydrogen) atoms. The Bertz CT molecular complexity index is 736. The lowest BCUT2D eigenvalue weighted by Gasteiger charge is -2.08. The van der Waals surface area contributed by atoms with Crippen LogP contribution in [0.3, 0.4) is 0 Å². The van der Waals surface area contributed by atoms with Crippen LogP contribution in [0.2, 0.25) is 0 Å². The third-order valence-corrected chi connectivity index (χ3v) is 3.03. The number of hydrogen-bond donors (Lipinski definition) is 1. The minimum Gasteiger partial charge on any atom is -0.389 e. The molecule has 3 rings (SSSR count). The van der Waals surface area contributed by atoms with Crippen LogP contribution in [0.4, 0.5) is 4.39 Å². The summed E-state index contributed by atoms with van der Waals surface area (Å²) in [5, 5.41) is 17.4. The molecule has 1 heterocycles. The average molecular weight is 257 g/mol. The molecule has 0 saturated carbocycles. The highest BCUT2D eigenvalue weighted by molar-refractivity contribution is 5.75. The molecule has 0 aliphatic heterocycles. The van der Waals surface area contributed by atoms with Gasteiger partial charge in [-0.05, 0) is 36.8 Å². The van der Waals surface area contributed by atoms with Gasteiger partial charge in [-0.15, -0.1) is 5.10 Å². The molecule has 4 nitrogen and oxygen atoms in total. The summed E-state index contributed by atoms with van der Waals surface area (Å²) in [7, 11) is 0. The van der Waals surface area contributed by atoms with Crippen molar-refractivity contribution in [2.45, 2.75) is 13.0 Å². The summed E-state index contributed by atoms with van der Waals surface area (Å²) in [5.74, 6) is -0.436. The van der Waals surface area contributed by atoms with E-state index in [4.69, 9.17) is 0 Å². The topological polar surface area (TPSA) is 50.9 Å². The second-order valence-electron chi connectivity index (χ2n) is 4.38. The molecule has 0 aliphatic rings. The second kappa shape index (κ2) is 4.44. The number of fused-ring (bicyclic) bond motifs is 1. The third-order valence-electron chi connectivity index (χ3n) is 3.03. The van der Waals surface area contributed by atoms with Gasteiger partial charge in [-0.1, -0.05) is 23.4 Å². The van der Waals surface area contributed by atoms with Gasteiger partial charge in [0.1, 0.15) is 17.0 Å². The van der Waals surface area contributed by atoms with Crippen LogP contribution in [0.1, 0.15) is 18.6 Å². The Balaban J connectivity index is 2.17. The van der Waals surface area contributed by atoms with Crippen LogP contribution in [0.5, 0.6) is 0 Å². The van der Waals surface area contributed by atoms with Gasteiger partial charge >= 0.3 is 0 Å². The summed E-state index contributed by atoms with van der Waals surface area (Å²) < 4.78 is 15.6. The van der Waals surface area contributed by atoms with Gasteiger partial charge in [0, 0.05) is 0 Å². The molecule has 0 spiro atoms. The minimum absolute atomic E-state index is 0.318. The van der Waals surface area contributed by atoms with Crippen LogP contribution in [0, 0.1) is 5.82 Å². The van der Waals surface area contributed by atoms with Crippen LogP contribution >= 0.6 is 0 Å². The summed E-state index contributed by atoms with van der Waals surface area (Å²) in [6, 6.07) is 11.9. The zero-order chi connectivity index (χ0) is 13.4. The van der Waals surface area contributed by atoms with Crippen molar-refractivity contribution in [3.8, 4) is 5.69 Å². The minimum atomic E-state index is -0.698. The van der Waals surface area contributed by atoms with E-state index in [9.17, 15) is 9.50 Å². The highest BCUT2D eigenvalue weighted by Gasteiger charge is 2.12. The number of nitrogens with zero attached hydrogens (tertiary/aromatic N) is 3. The number of aliphatic hydroxyl groups excluding tert-OH is 1. The number of hydrogen-bond acceptors (Lipinski definition) is 3. The highest BCUT2D eigenvalue weighted by atomic mass is 19.1. The molecule has 3 aromatic rings. The first-order chi connectivity index (χ1) is 9.16. The summed E-state index contributed by atoms with van der Waals surface area (Å²) in [5.41, 5.74) is 2.30. The maximum absolute atomic E-state index is 14.1. The number of rotatable bonds is 2. The van der Waals surface area contributed by atoms with Crippen LogP contribution in [-0.2, 0) is 0 Å². The van der Waals surface area contributed by atoms with E-state index in [1.54, 1.807) is 19.1 Å². The van der Waals surface area contributed by atoms with Gasteiger partial charge in [0.2, 0.25) is 0 Å². The van der Waals surface area contributed by atoms with Crippen molar-refractivity contribution in [1.82, 2.24) is 15.0 Å². The van der Waals surface area contributed by atoms with Crippen molar-refractivity contribution in [2.75, 3.05) is 0 Å². The van der Waals surface area contributed by atoms with E-state index in [1.807, 2.05) is 24.3 Å². The van der Waals surface area contributed by atoms with Gasteiger partial charge in [0.25, 0.3) is 0 Å². The van der Waals surface area contributed by atoms with Crippen molar-refractivity contribution in [2.24, 2.45) is 0 Å². The normalized spacial score (nSPS) is 12.8. The van der Waals surface area contributed by atoms with E-state index in [-0.39, 0.29) is 0 Å². The van der Waals surface area contributed by atoms with Crippen molar-refractivity contribution in [3.63, 3.8) is 0 Å². The largest absolute Gasteiger partial charge is 0.389 e. The predicted molar refractivity (Wildman–Crippen MR) is 69.5 cm³/mol. The van der Waals surface area contributed by atoms with Gasteiger partial charge in [-0.25, -0.2) is 9.07 Å². The second-order valence-corrected chi connectivity index (χ2v) is 4.38. The third kappa shape index (κ3) is 1.98. The maximum atomic E-state index is 14.1. The van der Waals surface area contributed by atoms with E-state index in [2.05, 4.69) is 10.3 Å². The number of aromatic nitrogens is 3. The van der Waals surface area contributed by atoms with Gasteiger partial charge in [-0.2, -0.15) is 0 Å². The van der Waals surface area contributed by atoms with Gasteiger partial charge in [-0.3, -0.25) is 0 Å². The summed E-state index contributed by atoms with van der Waals surface area (Å²) in [6.07, 6.45) is -0.698. The smallest absolute Gasteiger partial charge is 0.149 e. The van der Waals surface area contributed by atoms with Crippen LogP contribution in [0.25, 0.3) is 16.7 Å². The Morgan fingerprint density at radius 1 is 1.21 bits per heavy atom. The fourth-order valence-corrected chi connectivity index (χ4v) is 2.00. The Hall–Kier alpha value is -2.27. The first-order valence-electron chi connectivity index (χ1n) is 5.95. The monoisotopic (exact) mass is 257 g/mol. The van der Waals surface area contributed by atoms with Gasteiger partial charge < -0.3 is 5.11 Å². The Morgan fingerprint density at radius 2 is 2.00 bits per heavy atom. The maximum Gasteiger partial charge on any atom is 0.149 e. The molecule has 0 unspecified atom stereocenters. The number of benzene rings is 2. The quantitative estimate of drug-likeness (QED) is 0.767. The van der Waals surface area contributed by atoms with Crippen LogP contribution in [0.15, 0.2) is 42.5 Å². The van der Waals surface area contributed by atoms with Crippen molar-refractivity contribution in [1.29, 1.82) is 0 Å². The molecule has 1 atom stereocenters. The van der Waals surface area contributed by atoms with Crippen molar-refractivity contribution < 1.29 is 9.50 Å². The van der Waals surface area contributed by atoms with E-state index in [0.29, 0.717) is 16.8 Å². The molecule has 5 heteroatoms. The van der Waals surface area contributed by atoms with Gasteiger partial charge in [0.05, 0.1) is 11.6 Å². The number of aliphatic hydroxyl groups is 1. The Morgan fingerprint density at radius 3 is 2.74 bits per heavy atom. The zero-order valence-electron chi connectivity index (χ0n) is 10.3. The fraction of sp³-hybridized carbons (Fsp3) is 0.143. The van der Waals surface area contributed by atoms with E-state index < -0.39 is 11.9 Å². The summed E-state index contributed by atoms with van der Waals surface area (Å²) in [6.45, 7) is 1.60. The molecule has 0 radical (unpaired) electrons. The Kier molecular flexibility index (Phi) is 2.76. The molecule has 1 aromatic heterocycles. The van der Waals surface area contributed by atoms with E-state index in [0.717, 1.165) is 5.52 Å². The SMILES string of the molecule is C[C@@H](O)c1ccc(-n2nnc3ccccc32)c(F)c1. The molecular weight excluding hydrogens is 245 g/mol. The first kappa shape index (κ1) is 11.8. The molecule has 0 aliphatic carbocycles.